The second-order valence-corrected chi connectivity index (χ2v) is 6.06. The third kappa shape index (κ3) is 4.71. The highest BCUT2D eigenvalue weighted by Crippen LogP contribution is 2.38. The summed E-state index contributed by atoms with van der Waals surface area (Å²) in [5.74, 6) is 0.153. The van der Waals surface area contributed by atoms with Crippen LogP contribution in [0.4, 0.5) is 5.69 Å². The van der Waals surface area contributed by atoms with E-state index in [1.165, 1.54) is 25.5 Å². The number of nitrogens with one attached hydrogen (secondary N) is 1. The van der Waals surface area contributed by atoms with Gasteiger partial charge in [-0.3, -0.25) is 20.0 Å². The number of nitro groups is 1. The van der Waals surface area contributed by atoms with Gasteiger partial charge in [-0.1, -0.05) is 30.3 Å². The van der Waals surface area contributed by atoms with Crippen molar-refractivity contribution in [1.29, 1.82) is 0 Å². The van der Waals surface area contributed by atoms with Crippen LogP contribution in [0.5, 0.6) is 11.5 Å². The quantitative estimate of drug-likeness (QED) is 0.273. The molecule has 29 heavy (non-hydrogen) atoms. The standard InChI is InChI=1S/C18H15N5O5S/c1-27-15-8-13(9-20-22-16(24)10-19-21-18(22)29)7-14(23(25)26)17(15)28-11-12-5-3-2-4-6-12/h2-10H,11H2,1H3,(H,21,29)/b20-9-. The number of hydrogen-bond donors (Lipinski definition) is 1. The van der Waals surface area contributed by atoms with Crippen molar-refractivity contribution >= 4 is 24.1 Å². The number of methoxy groups -OCH3 is 1. The first kappa shape index (κ1) is 19.9. The van der Waals surface area contributed by atoms with Crippen LogP contribution in [0.3, 0.4) is 0 Å². The molecule has 0 bridgehead atoms. The molecule has 0 unspecified atom stereocenters. The lowest BCUT2D eigenvalue weighted by Crippen LogP contribution is -2.18. The van der Waals surface area contributed by atoms with E-state index in [1.54, 1.807) is 0 Å². The Labute approximate surface area is 169 Å². The fourth-order valence-corrected chi connectivity index (χ4v) is 2.61. The highest BCUT2D eigenvalue weighted by atomic mass is 32.1. The van der Waals surface area contributed by atoms with Crippen molar-refractivity contribution < 1.29 is 14.4 Å². The largest absolute Gasteiger partial charge is 0.493 e. The summed E-state index contributed by atoms with van der Waals surface area (Å²) < 4.78 is 11.8. The summed E-state index contributed by atoms with van der Waals surface area (Å²) in [6.45, 7) is 0.132. The van der Waals surface area contributed by atoms with Gasteiger partial charge in [0.25, 0.3) is 5.56 Å². The van der Waals surface area contributed by atoms with E-state index in [1.807, 2.05) is 30.3 Å². The number of ether oxygens (including phenoxy) is 2. The fraction of sp³-hybridized carbons (Fsp3) is 0.111. The van der Waals surface area contributed by atoms with Crippen LogP contribution in [0.25, 0.3) is 0 Å². The van der Waals surface area contributed by atoms with E-state index in [0.717, 1.165) is 16.4 Å². The molecule has 0 amide bonds. The van der Waals surface area contributed by atoms with E-state index in [2.05, 4.69) is 15.3 Å². The number of aromatic amines is 1. The Hall–Kier alpha value is -3.86. The minimum Gasteiger partial charge on any atom is -0.493 e. The molecule has 3 rings (SSSR count). The first-order valence-electron chi connectivity index (χ1n) is 8.24. The van der Waals surface area contributed by atoms with Crippen LogP contribution >= 0.6 is 12.2 Å². The molecule has 1 heterocycles. The number of H-pyrrole nitrogens is 1. The van der Waals surface area contributed by atoms with Crippen molar-refractivity contribution in [2.75, 3.05) is 7.11 Å². The predicted octanol–water partition coefficient (Wildman–Crippen LogP) is 2.68. The van der Waals surface area contributed by atoms with Gasteiger partial charge in [0.1, 0.15) is 12.8 Å². The van der Waals surface area contributed by atoms with Gasteiger partial charge in [-0.2, -0.15) is 14.9 Å². The minimum absolute atomic E-state index is 0.00290. The van der Waals surface area contributed by atoms with E-state index < -0.39 is 10.5 Å². The van der Waals surface area contributed by atoms with E-state index in [0.29, 0.717) is 5.56 Å². The molecule has 2 aromatic carbocycles. The molecule has 148 valence electrons. The van der Waals surface area contributed by atoms with E-state index in [9.17, 15) is 14.9 Å². The molecule has 0 aliphatic rings. The molecule has 0 saturated carbocycles. The minimum atomic E-state index is -0.578. The second kappa shape index (κ2) is 8.89. The van der Waals surface area contributed by atoms with Crippen LogP contribution < -0.4 is 15.0 Å². The van der Waals surface area contributed by atoms with Gasteiger partial charge in [0, 0.05) is 11.6 Å². The van der Waals surface area contributed by atoms with Crippen molar-refractivity contribution in [2.24, 2.45) is 5.10 Å². The van der Waals surface area contributed by atoms with Gasteiger partial charge in [-0.15, -0.1) is 0 Å². The highest BCUT2D eigenvalue weighted by Gasteiger charge is 2.22. The summed E-state index contributed by atoms with van der Waals surface area (Å²) >= 11 is 4.95. The average Bonchev–Trinajstić information content (AvgIpc) is 2.72. The predicted molar refractivity (Wildman–Crippen MR) is 107 cm³/mol. The molecule has 11 heteroatoms. The molecule has 0 aliphatic carbocycles. The van der Waals surface area contributed by atoms with Gasteiger partial charge in [0.15, 0.2) is 5.75 Å². The molecule has 1 aromatic heterocycles. The van der Waals surface area contributed by atoms with Gasteiger partial charge in [0.05, 0.1) is 18.2 Å². The summed E-state index contributed by atoms with van der Waals surface area (Å²) in [5, 5.41) is 21.5. The van der Waals surface area contributed by atoms with Crippen LogP contribution in [0.15, 0.2) is 58.6 Å². The number of nitro benzene ring substituents is 1. The van der Waals surface area contributed by atoms with Crippen LogP contribution in [0.2, 0.25) is 0 Å². The van der Waals surface area contributed by atoms with Crippen LogP contribution in [0.1, 0.15) is 11.1 Å². The summed E-state index contributed by atoms with van der Waals surface area (Å²) in [6.07, 6.45) is 2.26. The van der Waals surface area contributed by atoms with E-state index >= 15 is 0 Å². The van der Waals surface area contributed by atoms with Crippen LogP contribution in [0, 0.1) is 14.9 Å². The number of nitrogens with zero attached hydrogens (tertiary/aromatic N) is 4. The Morgan fingerprint density at radius 2 is 2.10 bits per heavy atom. The zero-order valence-corrected chi connectivity index (χ0v) is 16.0. The Morgan fingerprint density at radius 1 is 1.34 bits per heavy atom. The average molecular weight is 413 g/mol. The van der Waals surface area contributed by atoms with Crippen molar-refractivity contribution in [3.05, 3.63) is 85.0 Å². The maximum atomic E-state index is 11.8. The van der Waals surface area contributed by atoms with Crippen LogP contribution in [-0.2, 0) is 6.61 Å². The summed E-state index contributed by atoms with van der Waals surface area (Å²) in [7, 11) is 1.37. The SMILES string of the molecule is COc1cc(/C=N\n2c(=O)cn[nH]c2=S)cc([N+](=O)[O-])c1OCc1ccccc1. The van der Waals surface area contributed by atoms with Crippen LogP contribution in [-0.4, -0.2) is 33.1 Å². The highest BCUT2D eigenvalue weighted by molar-refractivity contribution is 7.71. The molecule has 1 N–H and O–H groups in total. The summed E-state index contributed by atoms with van der Waals surface area (Å²) in [4.78, 5) is 22.8. The molecule has 0 radical (unpaired) electrons. The first-order chi connectivity index (χ1) is 14.0. The number of benzene rings is 2. The third-order valence-electron chi connectivity index (χ3n) is 3.76. The van der Waals surface area contributed by atoms with Gasteiger partial charge in [0.2, 0.25) is 10.5 Å². The van der Waals surface area contributed by atoms with Crippen molar-refractivity contribution in [3.63, 3.8) is 0 Å². The van der Waals surface area contributed by atoms with Gasteiger partial charge < -0.3 is 9.47 Å². The van der Waals surface area contributed by atoms with E-state index in [4.69, 9.17) is 21.7 Å². The maximum absolute atomic E-state index is 11.8. The molecule has 0 atom stereocenters. The molecule has 3 aromatic rings. The molecule has 10 nitrogen and oxygen atoms in total. The normalized spacial score (nSPS) is 10.8. The summed E-state index contributed by atoms with van der Waals surface area (Å²) in [6, 6.07) is 12.0. The van der Waals surface area contributed by atoms with Gasteiger partial charge in [-0.05, 0) is 23.8 Å². The van der Waals surface area contributed by atoms with E-state index in [-0.39, 0.29) is 28.6 Å². The number of aromatic nitrogens is 3. The zero-order valence-electron chi connectivity index (χ0n) is 15.1. The third-order valence-corrected chi connectivity index (χ3v) is 4.02. The molecular formula is C18H15N5O5S. The van der Waals surface area contributed by atoms with Crippen molar-refractivity contribution in [1.82, 2.24) is 14.9 Å². The monoisotopic (exact) mass is 413 g/mol. The lowest BCUT2D eigenvalue weighted by molar-refractivity contribution is -0.386. The molecular weight excluding hydrogens is 398 g/mol. The lowest BCUT2D eigenvalue weighted by Gasteiger charge is -2.12. The molecule has 0 fully saturated rings. The number of rotatable bonds is 7. The topological polar surface area (TPSA) is 125 Å². The Bertz CT molecular complexity index is 1140. The summed E-state index contributed by atoms with van der Waals surface area (Å²) in [5.41, 5.74) is 0.322. The van der Waals surface area contributed by atoms with Gasteiger partial charge in [-0.25, -0.2) is 0 Å². The van der Waals surface area contributed by atoms with Crippen molar-refractivity contribution in [2.45, 2.75) is 6.61 Å². The smallest absolute Gasteiger partial charge is 0.315 e. The second-order valence-electron chi connectivity index (χ2n) is 5.67. The maximum Gasteiger partial charge on any atom is 0.315 e. The number of hydrogen-bond acceptors (Lipinski definition) is 8. The fourth-order valence-electron chi connectivity index (χ4n) is 2.42. The lowest BCUT2D eigenvalue weighted by atomic mass is 10.1. The molecule has 0 spiro atoms. The first-order valence-corrected chi connectivity index (χ1v) is 8.64. The zero-order chi connectivity index (χ0) is 20.8. The molecule has 0 aliphatic heterocycles. The van der Waals surface area contributed by atoms with Crippen molar-refractivity contribution in [3.8, 4) is 11.5 Å². The Balaban J connectivity index is 1.97. The Morgan fingerprint density at radius 3 is 2.76 bits per heavy atom. The Kier molecular flexibility index (Phi) is 6.09. The van der Waals surface area contributed by atoms with Gasteiger partial charge >= 0.3 is 5.69 Å². The molecule has 0 saturated heterocycles.